The number of nitro groups is 1. The number of carbonyl (C=O) groups excluding carboxylic acids is 2. The van der Waals surface area contributed by atoms with Gasteiger partial charge in [-0.15, -0.1) is 0 Å². The zero-order valence-corrected chi connectivity index (χ0v) is 16.5. The van der Waals surface area contributed by atoms with Crippen molar-refractivity contribution in [2.75, 3.05) is 0 Å². The summed E-state index contributed by atoms with van der Waals surface area (Å²) in [5, 5.41) is 16.3. The number of hydrogen-bond acceptors (Lipinski definition) is 5. The summed E-state index contributed by atoms with van der Waals surface area (Å²) in [7, 11) is 0. The fourth-order valence-electron chi connectivity index (χ4n) is 2.64. The van der Waals surface area contributed by atoms with Gasteiger partial charge < -0.3 is 15.2 Å². The maximum atomic E-state index is 12.6. The van der Waals surface area contributed by atoms with Crippen molar-refractivity contribution in [3.63, 3.8) is 0 Å². The molecule has 2 aromatic rings. The minimum absolute atomic E-state index is 0.0527. The van der Waals surface area contributed by atoms with Crippen LogP contribution in [0.4, 0.5) is 5.69 Å². The number of nitrogens with one attached hydrogen (secondary N) is 2. The molecule has 1 aromatic heterocycles. The normalized spacial score (nSPS) is 13.0. The number of hydrogen-bond donors (Lipinski definition) is 2. The lowest BCUT2D eigenvalue weighted by Crippen LogP contribution is -2.52. The summed E-state index contributed by atoms with van der Waals surface area (Å²) >= 11 is 6.00. The van der Waals surface area contributed by atoms with Gasteiger partial charge in [0.25, 0.3) is 11.6 Å². The van der Waals surface area contributed by atoms with Crippen molar-refractivity contribution in [3.8, 4) is 0 Å². The first-order chi connectivity index (χ1) is 13.2. The van der Waals surface area contributed by atoms with Gasteiger partial charge in [-0.1, -0.05) is 25.4 Å². The maximum absolute atomic E-state index is 12.6. The Kier molecular flexibility index (Phi) is 7.11. The molecule has 0 aliphatic carbocycles. The number of benzene rings is 1. The zero-order valence-electron chi connectivity index (χ0n) is 15.8. The van der Waals surface area contributed by atoms with E-state index in [-0.39, 0.29) is 34.1 Å². The number of aromatic nitrogens is 2. The van der Waals surface area contributed by atoms with Crippen LogP contribution in [0.5, 0.6) is 0 Å². The van der Waals surface area contributed by atoms with E-state index in [0.717, 1.165) is 6.07 Å². The zero-order chi connectivity index (χ0) is 20.8. The fraction of sp³-hybridized carbons (Fsp3) is 0.389. The lowest BCUT2D eigenvalue weighted by Gasteiger charge is -2.24. The van der Waals surface area contributed by atoms with E-state index in [0.29, 0.717) is 6.54 Å². The van der Waals surface area contributed by atoms with Crippen LogP contribution in [0, 0.1) is 16.0 Å². The van der Waals surface area contributed by atoms with E-state index in [2.05, 4.69) is 15.6 Å². The summed E-state index contributed by atoms with van der Waals surface area (Å²) in [5.74, 6) is -1.08. The van der Waals surface area contributed by atoms with Gasteiger partial charge in [-0.2, -0.15) is 0 Å². The number of nitro benzene ring substituents is 1. The highest BCUT2D eigenvalue weighted by Gasteiger charge is 2.27. The minimum Gasteiger partial charge on any atom is -0.350 e. The number of imidazole rings is 1. The van der Waals surface area contributed by atoms with Crippen LogP contribution in [-0.2, 0) is 11.3 Å². The molecule has 28 heavy (non-hydrogen) atoms. The lowest BCUT2D eigenvalue weighted by molar-refractivity contribution is -0.384. The molecule has 2 atom stereocenters. The third-order valence-corrected chi connectivity index (χ3v) is 4.39. The van der Waals surface area contributed by atoms with Gasteiger partial charge in [0, 0.05) is 37.1 Å². The largest absolute Gasteiger partial charge is 0.350 e. The third-order valence-electron chi connectivity index (χ3n) is 4.08. The highest BCUT2D eigenvalue weighted by atomic mass is 35.5. The maximum Gasteiger partial charge on any atom is 0.270 e. The van der Waals surface area contributed by atoms with Gasteiger partial charge in [0.15, 0.2) is 0 Å². The van der Waals surface area contributed by atoms with Crippen LogP contribution in [0.1, 0.15) is 31.1 Å². The molecule has 9 nitrogen and oxygen atoms in total. The van der Waals surface area contributed by atoms with Gasteiger partial charge in [0.1, 0.15) is 6.04 Å². The van der Waals surface area contributed by atoms with E-state index in [1.807, 2.05) is 25.3 Å². The molecule has 1 aromatic carbocycles. The first-order valence-electron chi connectivity index (χ1n) is 8.70. The summed E-state index contributed by atoms with van der Waals surface area (Å²) in [6, 6.07) is 2.60. The molecule has 0 unspecified atom stereocenters. The summed E-state index contributed by atoms with van der Waals surface area (Å²) in [5.41, 5.74) is -0.148. The average molecular weight is 408 g/mol. The monoisotopic (exact) mass is 407 g/mol. The highest BCUT2D eigenvalue weighted by molar-refractivity contribution is 6.34. The van der Waals surface area contributed by atoms with Gasteiger partial charge >= 0.3 is 0 Å². The smallest absolute Gasteiger partial charge is 0.270 e. The van der Waals surface area contributed by atoms with E-state index in [4.69, 9.17) is 11.6 Å². The molecule has 2 N–H and O–H groups in total. The van der Waals surface area contributed by atoms with E-state index in [9.17, 15) is 19.7 Å². The number of rotatable bonds is 8. The number of non-ortho nitro benzene ring substituents is 1. The topological polar surface area (TPSA) is 119 Å². The van der Waals surface area contributed by atoms with Crippen molar-refractivity contribution in [1.82, 2.24) is 20.2 Å². The van der Waals surface area contributed by atoms with Crippen LogP contribution in [0.15, 0.2) is 36.9 Å². The Morgan fingerprint density at radius 1 is 1.29 bits per heavy atom. The highest BCUT2D eigenvalue weighted by Crippen LogP contribution is 2.22. The molecule has 0 radical (unpaired) electrons. The lowest BCUT2D eigenvalue weighted by atomic mass is 10.0. The molecule has 2 rings (SSSR count). The van der Waals surface area contributed by atoms with E-state index in [1.54, 1.807) is 18.7 Å². The molecule has 0 fully saturated rings. The fourth-order valence-corrected chi connectivity index (χ4v) is 2.91. The van der Waals surface area contributed by atoms with Crippen molar-refractivity contribution >= 4 is 29.1 Å². The van der Waals surface area contributed by atoms with E-state index >= 15 is 0 Å². The minimum atomic E-state index is -0.788. The summed E-state index contributed by atoms with van der Waals surface area (Å²) in [4.78, 5) is 39.3. The summed E-state index contributed by atoms with van der Waals surface area (Å²) < 4.78 is 1.84. The Morgan fingerprint density at radius 2 is 2.00 bits per heavy atom. The number of amides is 2. The third kappa shape index (κ3) is 5.53. The predicted octanol–water partition coefficient (Wildman–Crippen LogP) is 2.40. The van der Waals surface area contributed by atoms with Crippen molar-refractivity contribution in [2.24, 2.45) is 5.92 Å². The Hall–Kier alpha value is -2.94. The van der Waals surface area contributed by atoms with Crippen molar-refractivity contribution in [3.05, 3.63) is 57.6 Å². The molecule has 2 amide bonds. The molecule has 0 aliphatic heterocycles. The van der Waals surface area contributed by atoms with Crippen LogP contribution >= 0.6 is 11.6 Å². The Morgan fingerprint density at radius 3 is 2.54 bits per heavy atom. The van der Waals surface area contributed by atoms with Crippen molar-refractivity contribution in [2.45, 2.75) is 39.4 Å². The van der Waals surface area contributed by atoms with Crippen LogP contribution in [-0.4, -0.2) is 38.4 Å². The number of nitrogens with zero attached hydrogens (tertiary/aromatic N) is 3. The van der Waals surface area contributed by atoms with Crippen molar-refractivity contribution < 1.29 is 14.5 Å². The van der Waals surface area contributed by atoms with E-state index < -0.39 is 16.9 Å². The van der Waals surface area contributed by atoms with E-state index in [1.165, 1.54) is 12.1 Å². The molecule has 10 heteroatoms. The molecular weight excluding hydrogens is 386 g/mol. The molecule has 0 bridgehead atoms. The van der Waals surface area contributed by atoms with Gasteiger partial charge in [0.2, 0.25) is 5.91 Å². The van der Waals surface area contributed by atoms with Crippen LogP contribution in [0.3, 0.4) is 0 Å². The van der Waals surface area contributed by atoms with Gasteiger partial charge in [-0.3, -0.25) is 19.7 Å². The van der Waals surface area contributed by atoms with Crippen LogP contribution in [0.25, 0.3) is 0 Å². The van der Waals surface area contributed by atoms with Crippen molar-refractivity contribution in [1.29, 1.82) is 0 Å². The number of carbonyl (C=O) groups is 2. The molecule has 0 saturated carbocycles. The number of halogens is 1. The molecule has 0 aliphatic rings. The van der Waals surface area contributed by atoms with Gasteiger partial charge in [0.05, 0.1) is 21.8 Å². The Balaban J connectivity index is 2.06. The van der Waals surface area contributed by atoms with Gasteiger partial charge in [-0.25, -0.2) is 4.98 Å². The Labute approximate surface area is 167 Å². The quantitative estimate of drug-likeness (QED) is 0.514. The molecule has 150 valence electrons. The predicted molar refractivity (Wildman–Crippen MR) is 104 cm³/mol. The standard InChI is InChI=1S/C18H22ClN5O4/c1-11(2)16(18(26)21-12(3)9-23-7-6-20-10-23)22-17(25)14-5-4-13(24(27)28)8-15(14)19/h4-8,10-12,16H,9H2,1-3H3,(H,21,26)(H,22,25)/t12-,16-/m0/s1. The van der Waals surface area contributed by atoms with Gasteiger partial charge in [-0.05, 0) is 18.9 Å². The Bertz CT molecular complexity index is 854. The summed E-state index contributed by atoms with van der Waals surface area (Å²) in [6.07, 6.45) is 5.10. The average Bonchev–Trinajstić information content (AvgIpc) is 3.11. The SMILES string of the molecule is CC(C)[C@H](NC(=O)c1ccc([N+](=O)[O-])cc1Cl)C(=O)N[C@@H](C)Cn1ccnc1. The van der Waals surface area contributed by atoms with Crippen LogP contribution in [0.2, 0.25) is 5.02 Å². The second-order valence-electron chi connectivity index (χ2n) is 6.79. The molecule has 1 heterocycles. The molecular formula is C18H22ClN5O4. The van der Waals surface area contributed by atoms with Crippen LogP contribution < -0.4 is 10.6 Å². The second kappa shape index (κ2) is 9.32. The summed E-state index contributed by atoms with van der Waals surface area (Å²) in [6.45, 7) is 6.01. The first-order valence-corrected chi connectivity index (χ1v) is 9.07. The second-order valence-corrected chi connectivity index (χ2v) is 7.19. The first kappa shape index (κ1) is 21.4. The molecule has 0 spiro atoms. The molecule has 0 saturated heterocycles.